The quantitative estimate of drug-likeness (QED) is 0.777. The molecular weight excluding hydrogens is 184 g/mol. The normalized spacial score (nSPS) is 14.9. The van der Waals surface area contributed by atoms with Crippen molar-refractivity contribution in [3.8, 4) is 0 Å². The maximum Gasteiger partial charge on any atom is 0.0294 e. The van der Waals surface area contributed by atoms with Gasteiger partial charge in [-0.3, -0.25) is 0 Å². The summed E-state index contributed by atoms with van der Waals surface area (Å²) in [4.78, 5) is 0. The zero-order chi connectivity index (χ0) is 11.3. The number of rotatable bonds is 5. The molecule has 0 aromatic heterocycles. The van der Waals surface area contributed by atoms with E-state index in [1.165, 1.54) is 11.1 Å². The number of benzene rings is 1. The molecule has 2 heteroatoms. The summed E-state index contributed by atoms with van der Waals surface area (Å²) in [5.41, 5.74) is 8.14. The predicted octanol–water partition coefficient (Wildman–Crippen LogP) is 2.59. The summed E-state index contributed by atoms with van der Waals surface area (Å²) in [6.07, 6.45) is 1.15. The van der Waals surface area contributed by atoms with Gasteiger partial charge in [-0.1, -0.05) is 31.2 Å². The van der Waals surface area contributed by atoms with E-state index in [-0.39, 0.29) is 0 Å². The molecule has 15 heavy (non-hydrogen) atoms. The predicted molar refractivity (Wildman–Crippen MR) is 65.6 cm³/mol. The third-order valence-corrected chi connectivity index (χ3v) is 2.83. The van der Waals surface area contributed by atoms with Crippen LogP contribution in [0, 0.1) is 0 Å². The minimum absolute atomic E-state index is 0.395. The summed E-state index contributed by atoms with van der Waals surface area (Å²) in [6, 6.07) is 9.43. The molecule has 2 nitrogen and oxygen atoms in total. The third-order valence-electron chi connectivity index (χ3n) is 2.83. The van der Waals surface area contributed by atoms with E-state index in [1.54, 1.807) is 0 Å². The van der Waals surface area contributed by atoms with Gasteiger partial charge >= 0.3 is 0 Å². The Morgan fingerprint density at radius 3 is 2.67 bits per heavy atom. The molecule has 0 aliphatic rings. The molecule has 0 bridgehead atoms. The van der Waals surface area contributed by atoms with Crippen molar-refractivity contribution in [2.45, 2.75) is 45.8 Å². The fourth-order valence-electron chi connectivity index (χ4n) is 1.63. The number of hydrogen-bond donors (Lipinski definition) is 2. The number of nitrogens with two attached hydrogens (primary N) is 1. The van der Waals surface area contributed by atoms with Crippen molar-refractivity contribution in [3.05, 3.63) is 35.4 Å². The highest BCUT2D eigenvalue weighted by Gasteiger charge is 2.07. The molecule has 0 saturated carbocycles. The smallest absolute Gasteiger partial charge is 0.0294 e. The second-order valence-corrected chi connectivity index (χ2v) is 4.15. The Hall–Kier alpha value is -0.860. The maximum atomic E-state index is 5.63. The first kappa shape index (κ1) is 12.2. The van der Waals surface area contributed by atoms with E-state index in [4.69, 9.17) is 5.73 Å². The van der Waals surface area contributed by atoms with Crippen molar-refractivity contribution in [3.63, 3.8) is 0 Å². The van der Waals surface area contributed by atoms with E-state index >= 15 is 0 Å². The van der Waals surface area contributed by atoms with Gasteiger partial charge in [0.2, 0.25) is 0 Å². The molecule has 0 fully saturated rings. The Kier molecular flexibility index (Phi) is 4.79. The van der Waals surface area contributed by atoms with Crippen LogP contribution in [0.4, 0.5) is 0 Å². The lowest BCUT2D eigenvalue weighted by atomic mass is 10.0. The summed E-state index contributed by atoms with van der Waals surface area (Å²) >= 11 is 0. The van der Waals surface area contributed by atoms with Crippen molar-refractivity contribution in [1.82, 2.24) is 5.32 Å². The molecule has 1 rings (SSSR count). The summed E-state index contributed by atoms with van der Waals surface area (Å²) in [7, 11) is 0. The molecule has 1 aromatic carbocycles. The molecule has 0 spiro atoms. The standard InChI is InChI=1S/C13H22N2/c1-4-10(2)15-11(3)13-7-5-6-12(8-13)9-14/h5-8,10-11,15H,4,9,14H2,1-3H3. The van der Waals surface area contributed by atoms with Gasteiger partial charge in [-0.15, -0.1) is 0 Å². The van der Waals surface area contributed by atoms with Crippen LogP contribution in [0.1, 0.15) is 44.4 Å². The highest BCUT2D eigenvalue weighted by molar-refractivity contribution is 5.25. The highest BCUT2D eigenvalue weighted by Crippen LogP contribution is 2.15. The molecule has 84 valence electrons. The molecule has 0 radical (unpaired) electrons. The first-order valence-corrected chi connectivity index (χ1v) is 5.72. The van der Waals surface area contributed by atoms with Crippen LogP contribution < -0.4 is 11.1 Å². The molecule has 1 aromatic rings. The molecule has 2 atom stereocenters. The maximum absolute atomic E-state index is 5.63. The van der Waals surface area contributed by atoms with Crippen LogP contribution in [-0.4, -0.2) is 6.04 Å². The summed E-state index contributed by atoms with van der Waals surface area (Å²) in [5.74, 6) is 0. The molecule has 3 N–H and O–H groups in total. The van der Waals surface area contributed by atoms with E-state index < -0.39 is 0 Å². The van der Waals surface area contributed by atoms with Crippen molar-refractivity contribution >= 4 is 0 Å². The summed E-state index contributed by atoms with van der Waals surface area (Å²) < 4.78 is 0. The van der Waals surface area contributed by atoms with Gasteiger partial charge in [-0.2, -0.15) is 0 Å². The van der Waals surface area contributed by atoms with Gasteiger partial charge in [-0.05, 0) is 31.4 Å². The topological polar surface area (TPSA) is 38.0 Å². The lowest BCUT2D eigenvalue weighted by Crippen LogP contribution is -2.28. The Bertz CT molecular complexity index is 296. The number of nitrogens with one attached hydrogen (secondary N) is 1. The number of hydrogen-bond acceptors (Lipinski definition) is 2. The van der Waals surface area contributed by atoms with Gasteiger partial charge < -0.3 is 11.1 Å². The zero-order valence-electron chi connectivity index (χ0n) is 9.96. The van der Waals surface area contributed by atoms with Crippen LogP contribution >= 0.6 is 0 Å². The second kappa shape index (κ2) is 5.89. The first-order valence-electron chi connectivity index (χ1n) is 5.72. The van der Waals surface area contributed by atoms with Crippen LogP contribution in [0.5, 0.6) is 0 Å². The van der Waals surface area contributed by atoms with Crippen LogP contribution in [0.2, 0.25) is 0 Å². The zero-order valence-corrected chi connectivity index (χ0v) is 9.96. The van der Waals surface area contributed by atoms with Gasteiger partial charge in [0.15, 0.2) is 0 Å². The fraction of sp³-hybridized carbons (Fsp3) is 0.538. The largest absolute Gasteiger partial charge is 0.326 e. The second-order valence-electron chi connectivity index (χ2n) is 4.15. The Morgan fingerprint density at radius 2 is 2.07 bits per heavy atom. The van der Waals surface area contributed by atoms with E-state index in [0.717, 1.165) is 6.42 Å². The fourth-order valence-corrected chi connectivity index (χ4v) is 1.63. The molecule has 0 aliphatic heterocycles. The van der Waals surface area contributed by atoms with Crippen LogP contribution in [0.25, 0.3) is 0 Å². The van der Waals surface area contributed by atoms with Crippen molar-refractivity contribution < 1.29 is 0 Å². The van der Waals surface area contributed by atoms with Crippen LogP contribution in [0.15, 0.2) is 24.3 Å². The molecule has 2 unspecified atom stereocenters. The van der Waals surface area contributed by atoms with Crippen molar-refractivity contribution in [2.24, 2.45) is 5.73 Å². The molecule has 0 aliphatic carbocycles. The van der Waals surface area contributed by atoms with E-state index in [2.05, 4.69) is 50.4 Å². The van der Waals surface area contributed by atoms with Crippen molar-refractivity contribution in [1.29, 1.82) is 0 Å². The van der Waals surface area contributed by atoms with Gasteiger partial charge in [0.1, 0.15) is 0 Å². The van der Waals surface area contributed by atoms with Gasteiger partial charge in [0.05, 0.1) is 0 Å². The molecule has 0 amide bonds. The average molecular weight is 206 g/mol. The SMILES string of the molecule is CCC(C)NC(C)c1cccc(CN)c1. The summed E-state index contributed by atoms with van der Waals surface area (Å²) in [5, 5.41) is 3.56. The van der Waals surface area contributed by atoms with Gasteiger partial charge in [0.25, 0.3) is 0 Å². The minimum Gasteiger partial charge on any atom is -0.326 e. The molecular formula is C13H22N2. The highest BCUT2D eigenvalue weighted by atomic mass is 14.9. The van der Waals surface area contributed by atoms with Crippen LogP contribution in [0.3, 0.4) is 0 Å². The van der Waals surface area contributed by atoms with E-state index in [0.29, 0.717) is 18.6 Å². The lowest BCUT2D eigenvalue weighted by Gasteiger charge is -2.19. The third kappa shape index (κ3) is 3.65. The Morgan fingerprint density at radius 1 is 1.33 bits per heavy atom. The Balaban J connectivity index is 2.68. The first-order chi connectivity index (χ1) is 7.17. The molecule has 0 saturated heterocycles. The van der Waals surface area contributed by atoms with Gasteiger partial charge in [0, 0.05) is 18.6 Å². The van der Waals surface area contributed by atoms with Crippen molar-refractivity contribution in [2.75, 3.05) is 0 Å². The average Bonchev–Trinajstić information content (AvgIpc) is 2.28. The van der Waals surface area contributed by atoms with E-state index in [1.807, 2.05) is 0 Å². The van der Waals surface area contributed by atoms with Crippen LogP contribution in [-0.2, 0) is 6.54 Å². The summed E-state index contributed by atoms with van der Waals surface area (Å²) in [6.45, 7) is 7.22. The van der Waals surface area contributed by atoms with Gasteiger partial charge in [-0.25, -0.2) is 0 Å². The lowest BCUT2D eigenvalue weighted by molar-refractivity contribution is 0.469. The minimum atomic E-state index is 0.395. The Labute approximate surface area is 92.9 Å². The van der Waals surface area contributed by atoms with E-state index in [9.17, 15) is 0 Å². The monoisotopic (exact) mass is 206 g/mol. The molecule has 0 heterocycles.